The summed E-state index contributed by atoms with van der Waals surface area (Å²) in [4.78, 5) is 40.4. The molecule has 0 aliphatic carbocycles. The molecule has 36 heavy (non-hydrogen) atoms. The van der Waals surface area contributed by atoms with E-state index in [4.69, 9.17) is 4.74 Å². The molecule has 7 nitrogen and oxygen atoms in total. The molecule has 1 fully saturated rings. The lowest BCUT2D eigenvalue weighted by molar-refractivity contribution is -0.137. The van der Waals surface area contributed by atoms with Crippen LogP contribution in [0.25, 0.3) is 0 Å². The maximum absolute atomic E-state index is 15.3. The van der Waals surface area contributed by atoms with Crippen molar-refractivity contribution in [1.29, 1.82) is 0 Å². The second-order valence-corrected chi connectivity index (χ2v) is 9.44. The fourth-order valence-electron chi connectivity index (χ4n) is 5.23. The molecule has 0 bridgehead atoms. The number of carbonyl (C=O) groups is 2. The summed E-state index contributed by atoms with van der Waals surface area (Å²) in [5.41, 5.74) is -0.0504. The van der Waals surface area contributed by atoms with Gasteiger partial charge >= 0.3 is 5.97 Å². The van der Waals surface area contributed by atoms with E-state index in [1.54, 1.807) is 30.9 Å². The van der Waals surface area contributed by atoms with Crippen molar-refractivity contribution in [2.75, 3.05) is 6.54 Å². The predicted molar refractivity (Wildman–Crippen MR) is 127 cm³/mol. The molecule has 0 N–H and O–H groups in total. The Morgan fingerprint density at radius 2 is 1.83 bits per heavy atom. The maximum atomic E-state index is 15.3. The first-order chi connectivity index (χ1) is 17.3. The maximum Gasteiger partial charge on any atom is 0.313 e. The van der Waals surface area contributed by atoms with Crippen LogP contribution >= 0.6 is 0 Å². The molecular formula is C27H25F2N3O4. The zero-order valence-electron chi connectivity index (χ0n) is 19.9. The quantitative estimate of drug-likeness (QED) is 0.501. The number of hydrogen-bond donors (Lipinski definition) is 0. The summed E-state index contributed by atoms with van der Waals surface area (Å²) in [6.45, 7) is 3.66. The highest BCUT2D eigenvalue weighted by Crippen LogP contribution is 2.46. The van der Waals surface area contributed by atoms with Crippen LogP contribution in [0.4, 0.5) is 8.78 Å². The molecule has 0 unspecified atom stereocenters. The predicted octanol–water partition coefficient (Wildman–Crippen LogP) is 4.07. The zero-order valence-corrected chi connectivity index (χ0v) is 19.9. The van der Waals surface area contributed by atoms with Gasteiger partial charge in [0.2, 0.25) is 11.2 Å². The van der Waals surface area contributed by atoms with Crippen LogP contribution in [0.3, 0.4) is 0 Å². The van der Waals surface area contributed by atoms with Gasteiger partial charge in [0, 0.05) is 18.0 Å². The van der Waals surface area contributed by atoms with Crippen molar-refractivity contribution in [3.63, 3.8) is 0 Å². The molecule has 5 rings (SSSR count). The number of esters is 1. The Balaban J connectivity index is 1.78. The molecule has 3 aromatic rings. The SMILES string of the molecule is CC(C)C(=O)Oc1c2n(ncc1=O)[C@@H]([C@H](c1ccccc1)c1cccc(F)c1F)[C@H]1CCCN1C2=O. The molecule has 186 valence electrons. The van der Waals surface area contributed by atoms with Crippen LogP contribution in [0, 0.1) is 17.6 Å². The van der Waals surface area contributed by atoms with Crippen molar-refractivity contribution < 1.29 is 23.1 Å². The monoisotopic (exact) mass is 493 g/mol. The van der Waals surface area contributed by atoms with Crippen LogP contribution in [0.2, 0.25) is 0 Å². The highest BCUT2D eigenvalue weighted by Gasteiger charge is 2.49. The second-order valence-electron chi connectivity index (χ2n) is 9.44. The van der Waals surface area contributed by atoms with Crippen molar-refractivity contribution in [2.24, 2.45) is 5.92 Å². The second kappa shape index (κ2) is 9.29. The third-order valence-electron chi connectivity index (χ3n) is 6.90. The lowest BCUT2D eigenvalue weighted by atomic mass is 9.79. The summed E-state index contributed by atoms with van der Waals surface area (Å²) in [6.07, 6.45) is 2.31. The van der Waals surface area contributed by atoms with E-state index in [2.05, 4.69) is 5.10 Å². The van der Waals surface area contributed by atoms with E-state index in [0.29, 0.717) is 24.9 Å². The average molecular weight is 494 g/mol. The van der Waals surface area contributed by atoms with Gasteiger partial charge in [0.1, 0.15) is 0 Å². The lowest BCUT2D eigenvalue weighted by Gasteiger charge is -2.42. The number of nitrogens with zero attached hydrogens (tertiary/aromatic N) is 3. The number of ether oxygens (including phenoxy) is 1. The number of fused-ring (bicyclic) bond motifs is 2. The summed E-state index contributed by atoms with van der Waals surface area (Å²) in [7, 11) is 0. The fraction of sp³-hybridized carbons (Fsp3) is 0.333. The standard InChI is InChI=1S/C27H25F2N3O4/c1-15(2)27(35)36-25-20(33)14-30-32-23(19-12-7-13-31(19)26(34)24(25)32)21(16-8-4-3-5-9-16)17-10-6-11-18(28)22(17)29/h3-6,8-11,14-15,19,21,23H,7,12-13H2,1-2H3/t19-,21-,23-/m1/s1. The van der Waals surface area contributed by atoms with Gasteiger partial charge in [-0.2, -0.15) is 5.10 Å². The third kappa shape index (κ3) is 3.88. The van der Waals surface area contributed by atoms with Gasteiger partial charge in [-0.15, -0.1) is 0 Å². The topological polar surface area (TPSA) is 81.5 Å². The first-order valence-electron chi connectivity index (χ1n) is 11.9. The van der Waals surface area contributed by atoms with E-state index < -0.39 is 52.6 Å². The van der Waals surface area contributed by atoms with Crippen LogP contribution in [0.1, 0.15) is 60.3 Å². The Kier molecular flexibility index (Phi) is 6.15. The van der Waals surface area contributed by atoms with E-state index in [0.717, 1.165) is 12.3 Å². The van der Waals surface area contributed by atoms with Gasteiger partial charge in [-0.3, -0.25) is 14.4 Å². The van der Waals surface area contributed by atoms with Crippen LogP contribution in [-0.4, -0.2) is 39.1 Å². The largest absolute Gasteiger partial charge is 0.420 e. The molecule has 1 aromatic heterocycles. The van der Waals surface area contributed by atoms with E-state index >= 15 is 4.39 Å². The number of benzene rings is 2. The van der Waals surface area contributed by atoms with Gasteiger partial charge in [-0.25, -0.2) is 13.5 Å². The van der Waals surface area contributed by atoms with E-state index in [1.165, 1.54) is 16.8 Å². The average Bonchev–Trinajstić information content (AvgIpc) is 3.36. The minimum absolute atomic E-state index is 0.111. The number of hydrogen-bond acceptors (Lipinski definition) is 5. The van der Waals surface area contributed by atoms with Crippen molar-refractivity contribution in [1.82, 2.24) is 14.7 Å². The first-order valence-corrected chi connectivity index (χ1v) is 11.9. The number of amides is 1. The molecule has 0 spiro atoms. The highest BCUT2D eigenvalue weighted by molar-refractivity contribution is 5.97. The van der Waals surface area contributed by atoms with Gasteiger partial charge in [0.25, 0.3) is 5.91 Å². The van der Waals surface area contributed by atoms with Crippen LogP contribution in [-0.2, 0) is 4.79 Å². The molecule has 1 saturated heterocycles. The molecule has 3 heterocycles. The Labute approximate surface area is 206 Å². The van der Waals surface area contributed by atoms with Gasteiger partial charge in [-0.1, -0.05) is 56.3 Å². The smallest absolute Gasteiger partial charge is 0.313 e. The summed E-state index contributed by atoms with van der Waals surface area (Å²) < 4.78 is 36.5. The Bertz CT molecular complexity index is 1390. The molecule has 1 amide bonds. The molecule has 3 atom stereocenters. The molecule has 0 radical (unpaired) electrons. The number of carbonyl (C=O) groups excluding carboxylic acids is 2. The first kappa shape index (κ1) is 23.8. The molecule has 2 aliphatic rings. The van der Waals surface area contributed by atoms with Crippen LogP contribution < -0.4 is 10.2 Å². The van der Waals surface area contributed by atoms with E-state index in [1.807, 2.05) is 18.2 Å². The Morgan fingerprint density at radius 1 is 1.08 bits per heavy atom. The number of halogens is 2. The zero-order chi connectivity index (χ0) is 25.6. The Morgan fingerprint density at radius 3 is 2.56 bits per heavy atom. The van der Waals surface area contributed by atoms with Gasteiger partial charge < -0.3 is 9.64 Å². The van der Waals surface area contributed by atoms with Gasteiger partial charge in [-0.05, 0) is 24.5 Å². The summed E-state index contributed by atoms with van der Waals surface area (Å²) in [5.74, 6) is -4.78. The van der Waals surface area contributed by atoms with Crippen molar-refractivity contribution in [3.8, 4) is 5.75 Å². The Hall–Kier alpha value is -3.88. The van der Waals surface area contributed by atoms with Crippen molar-refractivity contribution >= 4 is 11.9 Å². The molecule has 2 aliphatic heterocycles. The molecule has 0 saturated carbocycles. The fourth-order valence-corrected chi connectivity index (χ4v) is 5.23. The summed E-state index contributed by atoms with van der Waals surface area (Å²) in [5, 5.41) is 4.30. The van der Waals surface area contributed by atoms with Crippen LogP contribution in [0.15, 0.2) is 59.5 Å². The van der Waals surface area contributed by atoms with Crippen LogP contribution in [0.5, 0.6) is 5.75 Å². The molecule has 2 aromatic carbocycles. The van der Waals surface area contributed by atoms with E-state index in [-0.39, 0.29) is 17.3 Å². The molecular weight excluding hydrogens is 468 g/mol. The summed E-state index contributed by atoms with van der Waals surface area (Å²) in [6, 6.07) is 12.0. The van der Waals surface area contributed by atoms with Gasteiger partial charge in [0.15, 0.2) is 17.3 Å². The lowest BCUT2D eigenvalue weighted by Crippen LogP contribution is -2.51. The van der Waals surface area contributed by atoms with E-state index in [9.17, 15) is 18.8 Å². The highest BCUT2D eigenvalue weighted by atomic mass is 19.2. The number of aromatic nitrogens is 2. The minimum atomic E-state index is -0.984. The van der Waals surface area contributed by atoms with Gasteiger partial charge in [0.05, 0.1) is 24.2 Å². The third-order valence-corrected chi connectivity index (χ3v) is 6.90. The normalized spacial score (nSPS) is 19.7. The summed E-state index contributed by atoms with van der Waals surface area (Å²) >= 11 is 0. The van der Waals surface area contributed by atoms with Crippen molar-refractivity contribution in [3.05, 3.63) is 93.4 Å². The minimum Gasteiger partial charge on any atom is -0.420 e. The number of rotatable bonds is 5. The molecule has 9 heteroatoms. The van der Waals surface area contributed by atoms with Crippen molar-refractivity contribution in [2.45, 2.75) is 44.7 Å².